The van der Waals surface area contributed by atoms with Crippen LogP contribution in [0.4, 0.5) is 0 Å². The molecule has 0 fully saturated rings. The summed E-state index contributed by atoms with van der Waals surface area (Å²) in [5.74, 6) is 1.05. The average molecular weight is 341 g/mol. The van der Waals surface area contributed by atoms with Crippen LogP contribution in [0.3, 0.4) is 0 Å². The van der Waals surface area contributed by atoms with Crippen LogP contribution in [0, 0.1) is 0 Å². The van der Waals surface area contributed by atoms with Crippen molar-refractivity contribution < 1.29 is 9.84 Å². The van der Waals surface area contributed by atoms with Crippen LogP contribution in [0.5, 0.6) is 11.5 Å². The van der Waals surface area contributed by atoms with Crippen molar-refractivity contribution in [1.82, 2.24) is 4.98 Å². The maximum absolute atomic E-state index is 10.0. The summed E-state index contributed by atoms with van der Waals surface area (Å²) in [5.41, 5.74) is 3.82. The Kier molecular flexibility index (Phi) is 4.52. The number of para-hydroxylation sites is 1. The summed E-state index contributed by atoms with van der Waals surface area (Å²) in [4.78, 5) is 4.60. The molecule has 0 atom stereocenters. The van der Waals surface area contributed by atoms with E-state index in [1.165, 1.54) is 0 Å². The highest BCUT2D eigenvalue weighted by Gasteiger charge is 2.05. The molecular formula is C23H19NO2. The highest BCUT2D eigenvalue weighted by Crippen LogP contribution is 2.24. The maximum atomic E-state index is 10.0. The zero-order chi connectivity index (χ0) is 17.8. The third-order valence-electron chi connectivity index (χ3n) is 4.29. The number of aromatic hydroxyl groups is 1. The fourth-order valence-electron chi connectivity index (χ4n) is 2.97. The fourth-order valence-corrected chi connectivity index (χ4v) is 2.97. The highest BCUT2D eigenvalue weighted by molar-refractivity contribution is 5.84. The third-order valence-corrected chi connectivity index (χ3v) is 4.29. The van der Waals surface area contributed by atoms with E-state index in [4.69, 9.17) is 4.74 Å². The van der Waals surface area contributed by atoms with Gasteiger partial charge in [0.25, 0.3) is 0 Å². The molecule has 0 bridgehead atoms. The van der Waals surface area contributed by atoms with Gasteiger partial charge in [0, 0.05) is 17.5 Å². The Morgan fingerprint density at radius 3 is 2.46 bits per heavy atom. The SMILES string of the molecule is Oc1cccc2ccc(Cc3cccc(OCc4ccccc4)c3)nc12. The molecule has 0 aliphatic heterocycles. The van der Waals surface area contributed by atoms with E-state index in [0.29, 0.717) is 18.5 Å². The normalized spacial score (nSPS) is 10.8. The van der Waals surface area contributed by atoms with Gasteiger partial charge in [-0.15, -0.1) is 0 Å². The summed E-state index contributed by atoms with van der Waals surface area (Å²) in [6.07, 6.45) is 0.687. The Morgan fingerprint density at radius 2 is 1.58 bits per heavy atom. The van der Waals surface area contributed by atoms with Gasteiger partial charge < -0.3 is 9.84 Å². The maximum Gasteiger partial charge on any atom is 0.141 e. The molecule has 0 unspecified atom stereocenters. The summed E-state index contributed by atoms with van der Waals surface area (Å²) in [6.45, 7) is 0.548. The molecule has 0 saturated heterocycles. The molecule has 1 aromatic heterocycles. The Bertz CT molecular complexity index is 1030. The van der Waals surface area contributed by atoms with Crippen LogP contribution in [0.2, 0.25) is 0 Å². The monoisotopic (exact) mass is 341 g/mol. The van der Waals surface area contributed by atoms with Gasteiger partial charge in [-0.3, -0.25) is 0 Å². The smallest absolute Gasteiger partial charge is 0.141 e. The molecule has 3 nitrogen and oxygen atoms in total. The largest absolute Gasteiger partial charge is 0.506 e. The first-order valence-electron chi connectivity index (χ1n) is 8.61. The Labute approximate surface area is 152 Å². The molecule has 3 aromatic carbocycles. The van der Waals surface area contributed by atoms with Gasteiger partial charge in [-0.05, 0) is 35.4 Å². The molecule has 0 aliphatic carbocycles. The molecule has 26 heavy (non-hydrogen) atoms. The van der Waals surface area contributed by atoms with Gasteiger partial charge in [0.1, 0.15) is 23.6 Å². The second-order valence-electron chi connectivity index (χ2n) is 6.25. The van der Waals surface area contributed by atoms with Crippen LogP contribution in [-0.4, -0.2) is 10.1 Å². The van der Waals surface area contributed by atoms with Crippen molar-refractivity contribution in [2.45, 2.75) is 13.0 Å². The molecular weight excluding hydrogens is 322 g/mol. The molecule has 0 saturated carbocycles. The number of phenolic OH excluding ortho intramolecular Hbond substituents is 1. The van der Waals surface area contributed by atoms with Crippen LogP contribution in [0.15, 0.2) is 84.9 Å². The highest BCUT2D eigenvalue weighted by atomic mass is 16.5. The number of benzene rings is 3. The lowest BCUT2D eigenvalue weighted by Crippen LogP contribution is -1.97. The molecule has 0 radical (unpaired) electrons. The number of hydrogen-bond acceptors (Lipinski definition) is 3. The second kappa shape index (κ2) is 7.28. The van der Waals surface area contributed by atoms with E-state index in [9.17, 15) is 5.11 Å². The predicted octanol–water partition coefficient (Wildman–Crippen LogP) is 5.11. The first-order valence-corrected chi connectivity index (χ1v) is 8.61. The molecule has 4 aromatic rings. The van der Waals surface area contributed by atoms with E-state index in [2.05, 4.69) is 23.2 Å². The lowest BCUT2D eigenvalue weighted by Gasteiger charge is -2.09. The summed E-state index contributed by atoms with van der Waals surface area (Å²) >= 11 is 0. The topological polar surface area (TPSA) is 42.4 Å². The Morgan fingerprint density at radius 1 is 0.769 bits per heavy atom. The summed E-state index contributed by atoms with van der Waals surface area (Å²) < 4.78 is 5.90. The zero-order valence-corrected chi connectivity index (χ0v) is 14.3. The van der Waals surface area contributed by atoms with Crippen molar-refractivity contribution >= 4 is 10.9 Å². The third kappa shape index (κ3) is 3.67. The van der Waals surface area contributed by atoms with E-state index < -0.39 is 0 Å². The van der Waals surface area contributed by atoms with E-state index in [1.807, 2.05) is 60.7 Å². The van der Waals surface area contributed by atoms with Gasteiger partial charge in [-0.25, -0.2) is 4.98 Å². The number of fused-ring (bicyclic) bond motifs is 1. The van der Waals surface area contributed by atoms with Crippen molar-refractivity contribution in [3.63, 3.8) is 0 Å². The van der Waals surface area contributed by atoms with E-state index >= 15 is 0 Å². The average Bonchev–Trinajstić information content (AvgIpc) is 2.68. The molecule has 128 valence electrons. The molecule has 0 amide bonds. The minimum absolute atomic E-state index is 0.212. The molecule has 1 N–H and O–H groups in total. The van der Waals surface area contributed by atoms with Gasteiger partial charge in [-0.1, -0.05) is 60.7 Å². The van der Waals surface area contributed by atoms with Crippen LogP contribution >= 0.6 is 0 Å². The van der Waals surface area contributed by atoms with E-state index in [-0.39, 0.29) is 5.75 Å². The van der Waals surface area contributed by atoms with Crippen molar-refractivity contribution in [2.75, 3.05) is 0 Å². The standard InChI is InChI=1S/C23H19NO2/c25-22-11-5-9-19-12-13-20(24-23(19)22)14-18-8-4-10-21(15-18)26-16-17-6-2-1-3-7-17/h1-13,15,25H,14,16H2. The van der Waals surface area contributed by atoms with Crippen molar-refractivity contribution in [1.29, 1.82) is 0 Å². The number of nitrogens with zero attached hydrogens (tertiary/aromatic N) is 1. The molecule has 1 heterocycles. The Hall–Kier alpha value is -3.33. The number of aromatic nitrogens is 1. The van der Waals surface area contributed by atoms with Crippen LogP contribution in [-0.2, 0) is 13.0 Å². The van der Waals surface area contributed by atoms with Gasteiger partial charge in [-0.2, -0.15) is 0 Å². The number of rotatable bonds is 5. The van der Waals surface area contributed by atoms with Crippen molar-refractivity contribution in [3.8, 4) is 11.5 Å². The quantitative estimate of drug-likeness (QED) is 0.548. The Balaban J connectivity index is 1.51. The number of pyridine rings is 1. The summed E-state index contributed by atoms with van der Waals surface area (Å²) in [7, 11) is 0. The first-order chi connectivity index (χ1) is 12.8. The van der Waals surface area contributed by atoms with Gasteiger partial charge >= 0.3 is 0 Å². The second-order valence-corrected chi connectivity index (χ2v) is 6.25. The number of hydrogen-bond donors (Lipinski definition) is 1. The van der Waals surface area contributed by atoms with Gasteiger partial charge in [0.05, 0.1) is 0 Å². The molecule has 4 rings (SSSR count). The minimum atomic E-state index is 0.212. The molecule has 3 heteroatoms. The van der Waals surface area contributed by atoms with Gasteiger partial charge in [0.15, 0.2) is 0 Å². The van der Waals surface area contributed by atoms with E-state index in [0.717, 1.165) is 28.0 Å². The fraction of sp³-hybridized carbons (Fsp3) is 0.0870. The zero-order valence-electron chi connectivity index (χ0n) is 14.3. The lowest BCUT2D eigenvalue weighted by atomic mass is 10.1. The van der Waals surface area contributed by atoms with Crippen molar-refractivity contribution in [2.24, 2.45) is 0 Å². The van der Waals surface area contributed by atoms with Crippen molar-refractivity contribution in [3.05, 3.63) is 102 Å². The van der Waals surface area contributed by atoms with E-state index in [1.54, 1.807) is 6.07 Å². The summed E-state index contributed by atoms with van der Waals surface area (Å²) in [6, 6.07) is 27.6. The molecule has 0 aliphatic rings. The summed E-state index contributed by atoms with van der Waals surface area (Å²) in [5, 5.41) is 10.9. The van der Waals surface area contributed by atoms with Gasteiger partial charge in [0.2, 0.25) is 0 Å². The predicted molar refractivity (Wildman–Crippen MR) is 103 cm³/mol. The first kappa shape index (κ1) is 16.2. The van der Waals surface area contributed by atoms with Crippen LogP contribution in [0.25, 0.3) is 10.9 Å². The van der Waals surface area contributed by atoms with Crippen LogP contribution < -0.4 is 4.74 Å². The molecule has 0 spiro atoms. The van der Waals surface area contributed by atoms with Crippen LogP contribution in [0.1, 0.15) is 16.8 Å². The number of ether oxygens (including phenoxy) is 1. The minimum Gasteiger partial charge on any atom is -0.506 e. The lowest BCUT2D eigenvalue weighted by molar-refractivity contribution is 0.306. The number of phenols is 1.